The minimum absolute atomic E-state index is 0.120. The quantitative estimate of drug-likeness (QED) is 0.777. The van der Waals surface area contributed by atoms with Crippen molar-refractivity contribution in [2.75, 3.05) is 19.6 Å². The van der Waals surface area contributed by atoms with E-state index in [9.17, 15) is 4.79 Å². The first-order chi connectivity index (χ1) is 9.77. The maximum absolute atomic E-state index is 12.1. The Morgan fingerprint density at radius 1 is 1.10 bits per heavy atom. The van der Waals surface area contributed by atoms with Crippen LogP contribution in [0.4, 0.5) is 0 Å². The zero-order valence-electron chi connectivity index (χ0n) is 13.7. The first kappa shape index (κ1) is 16.2. The highest BCUT2D eigenvalue weighted by Crippen LogP contribution is 2.28. The number of benzene rings is 1. The molecule has 1 aromatic carbocycles. The highest BCUT2D eigenvalue weighted by atomic mass is 16.5. The standard InChI is InChI=1S/C18H27NO2/c1-17(2)13-19(14-18(3,4)21-17)12-8-11-16(20)15-9-6-5-7-10-15/h5-7,9-10H,8,11-14H2,1-4H3. The van der Waals surface area contributed by atoms with Gasteiger partial charge in [-0.2, -0.15) is 0 Å². The van der Waals surface area contributed by atoms with E-state index in [0.717, 1.165) is 31.6 Å². The van der Waals surface area contributed by atoms with Crippen LogP contribution in [0.1, 0.15) is 50.9 Å². The normalized spacial score (nSPS) is 21.1. The molecule has 0 radical (unpaired) electrons. The van der Waals surface area contributed by atoms with Gasteiger partial charge in [0.25, 0.3) is 0 Å². The van der Waals surface area contributed by atoms with Crippen LogP contribution >= 0.6 is 0 Å². The fourth-order valence-corrected chi connectivity index (χ4v) is 3.34. The maximum Gasteiger partial charge on any atom is 0.162 e. The summed E-state index contributed by atoms with van der Waals surface area (Å²) in [5.41, 5.74) is 0.580. The molecule has 1 fully saturated rings. The van der Waals surface area contributed by atoms with E-state index in [1.54, 1.807) is 0 Å². The van der Waals surface area contributed by atoms with E-state index in [1.807, 2.05) is 30.3 Å². The van der Waals surface area contributed by atoms with Crippen molar-refractivity contribution in [2.45, 2.75) is 51.7 Å². The number of ketones is 1. The minimum Gasteiger partial charge on any atom is -0.367 e. The number of morpholine rings is 1. The molecule has 1 aliphatic heterocycles. The summed E-state index contributed by atoms with van der Waals surface area (Å²) in [6.07, 6.45) is 1.52. The first-order valence-corrected chi connectivity index (χ1v) is 7.78. The van der Waals surface area contributed by atoms with Crippen molar-refractivity contribution in [3.05, 3.63) is 35.9 Å². The average Bonchev–Trinajstić information content (AvgIpc) is 2.36. The summed E-state index contributed by atoms with van der Waals surface area (Å²) in [6, 6.07) is 9.56. The third-order valence-corrected chi connectivity index (χ3v) is 3.74. The smallest absolute Gasteiger partial charge is 0.162 e. The van der Waals surface area contributed by atoms with Crippen molar-refractivity contribution < 1.29 is 9.53 Å². The van der Waals surface area contributed by atoms with Crippen LogP contribution in [0, 0.1) is 0 Å². The van der Waals surface area contributed by atoms with Crippen LogP contribution in [0.25, 0.3) is 0 Å². The van der Waals surface area contributed by atoms with Gasteiger partial charge in [-0.05, 0) is 40.7 Å². The van der Waals surface area contributed by atoms with Crippen LogP contribution in [-0.2, 0) is 4.74 Å². The van der Waals surface area contributed by atoms with Gasteiger partial charge in [-0.3, -0.25) is 9.69 Å². The number of carbonyl (C=O) groups is 1. The Balaban J connectivity index is 1.82. The Morgan fingerprint density at radius 3 is 2.24 bits per heavy atom. The van der Waals surface area contributed by atoms with Gasteiger partial charge in [-0.15, -0.1) is 0 Å². The molecule has 1 heterocycles. The third-order valence-electron chi connectivity index (χ3n) is 3.74. The number of Topliss-reactive ketones (excluding diaryl/α,β-unsaturated/α-hetero) is 1. The van der Waals surface area contributed by atoms with E-state index in [1.165, 1.54) is 0 Å². The van der Waals surface area contributed by atoms with Gasteiger partial charge in [-0.25, -0.2) is 0 Å². The van der Waals surface area contributed by atoms with Gasteiger partial charge in [0, 0.05) is 25.1 Å². The minimum atomic E-state index is -0.120. The molecule has 0 spiro atoms. The molecule has 3 heteroatoms. The molecule has 2 rings (SSSR count). The summed E-state index contributed by atoms with van der Waals surface area (Å²) in [7, 11) is 0. The molecule has 1 aliphatic rings. The van der Waals surface area contributed by atoms with E-state index in [2.05, 4.69) is 32.6 Å². The Hall–Kier alpha value is -1.19. The Morgan fingerprint density at radius 2 is 1.67 bits per heavy atom. The molecule has 0 saturated carbocycles. The van der Waals surface area contributed by atoms with Crippen LogP contribution in [-0.4, -0.2) is 41.5 Å². The summed E-state index contributed by atoms with van der Waals surface area (Å²) >= 11 is 0. The SMILES string of the molecule is CC1(C)CN(CCCC(=O)c2ccccc2)CC(C)(C)O1. The van der Waals surface area contributed by atoms with E-state index in [-0.39, 0.29) is 17.0 Å². The zero-order chi connectivity index (χ0) is 15.5. The van der Waals surface area contributed by atoms with Crippen LogP contribution in [0.2, 0.25) is 0 Å². The van der Waals surface area contributed by atoms with Crippen LogP contribution in [0.15, 0.2) is 30.3 Å². The molecule has 0 bridgehead atoms. The number of rotatable bonds is 5. The highest BCUT2D eigenvalue weighted by molar-refractivity contribution is 5.95. The van der Waals surface area contributed by atoms with Crippen molar-refractivity contribution in [2.24, 2.45) is 0 Å². The highest BCUT2D eigenvalue weighted by Gasteiger charge is 2.37. The number of ether oxygens (including phenoxy) is 1. The van der Waals surface area contributed by atoms with Crippen LogP contribution < -0.4 is 0 Å². The molecule has 1 aromatic rings. The number of hydrogen-bond acceptors (Lipinski definition) is 3. The van der Waals surface area contributed by atoms with Crippen LogP contribution in [0.3, 0.4) is 0 Å². The van der Waals surface area contributed by atoms with Gasteiger partial charge >= 0.3 is 0 Å². The van der Waals surface area contributed by atoms with Gasteiger partial charge in [0.2, 0.25) is 0 Å². The average molecular weight is 289 g/mol. The largest absolute Gasteiger partial charge is 0.367 e. The number of hydrogen-bond donors (Lipinski definition) is 0. The Kier molecular flexibility index (Phi) is 4.84. The maximum atomic E-state index is 12.1. The molecule has 0 amide bonds. The number of carbonyl (C=O) groups excluding carboxylic acids is 1. The molecule has 0 atom stereocenters. The van der Waals surface area contributed by atoms with E-state index < -0.39 is 0 Å². The molecular weight excluding hydrogens is 262 g/mol. The molecule has 21 heavy (non-hydrogen) atoms. The van der Waals surface area contributed by atoms with Gasteiger partial charge in [-0.1, -0.05) is 30.3 Å². The lowest BCUT2D eigenvalue weighted by molar-refractivity contribution is -0.180. The van der Waals surface area contributed by atoms with Gasteiger partial charge < -0.3 is 4.74 Å². The lowest BCUT2D eigenvalue weighted by atomic mass is 9.98. The lowest BCUT2D eigenvalue weighted by Crippen LogP contribution is -2.57. The summed E-state index contributed by atoms with van der Waals surface area (Å²) in [5, 5.41) is 0. The zero-order valence-corrected chi connectivity index (χ0v) is 13.7. The van der Waals surface area contributed by atoms with Crippen LogP contribution in [0.5, 0.6) is 0 Å². The topological polar surface area (TPSA) is 29.5 Å². The van der Waals surface area contributed by atoms with Gasteiger partial charge in [0.05, 0.1) is 11.2 Å². The van der Waals surface area contributed by atoms with E-state index >= 15 is 0 Å². The Labute approximate surface area is 128 Å². The van der Waals surface area contributed by atoms with E-state index in [4.69, 9.17) is 4.74 Å². The fraction of sp³-hybridized carbons (Fsp3) is 0.611. The van der Waals surface area contributed by atoms with Crippen molar-refractivity contribution in [1.29, 1.82) is 0 Å². The summed E-state index contributed by atoms with van der Waals surface area (Å²) in [4.78, 5) is 14.5. The molecule has 0 N–H and O–H groups in total. The van der Waals surface area contributed by atoms with Crippen molar-refractivity contribution in [1.82, 2.24) is 4.90 Å². The first-order valence-electron chi connectivity index (χ1n) is 7.78. The second-order valence-corrected chi connectivity index (χ2v) is 7.22. The fourth-order valence-electron chi connectivity index (χ4n) is 3.34. The van der Waals surface area contributed by atoms with Crippen molar-refractivity contribution in [3.8, 4) is 0 Å². The van der Waals surface area contributed by atoms with Crippen molar-refractivity contribution >= 4 is 5.78 Å². The molecular formula is C18H27NO2. The number of nitrogens with zero attached hydrogens (tertiary/aromatic N) is 1. The molecule has 3 nitrogen and oxygen atoms in total. The van der Waals surface area contributed by atoms with Gasteiger partial charge in [0.1, 0.15) is 0 Å². The second-order valence-electron chi connectivity index (χ2n) is 7.22. The van der Waals surface area contributed by atoms with Gasteiger partial charge in [0.15, 0.2) is 5.78 Å². The molecule has 0 aliphatic carbocycles. The lowest BCUT2D eigenvalue weighted by Gasteiger charge is -2.47. The molecule has 0 unspecified atom stereocenters. The summed E-state index contributed by atoms with van der Waals surface area (Å²) < 4.78 is 6.08. The predicted molar refractivity (Wildman–Crippen MR) is 85.7 cm³/mol. The molecule has 1 saturated heterocycles. The van der Waals surface area contributed by atoms with E-state index in [0.29, 0.717) is 6.42 Å². The monoisotopic (exact) mass is 289 g/mol. The summed E-state index contributed by atoms with van der Waals surface area (Å²) in [5.74, 6) is 0.238. The predicted octanol–water partition coefficient (Wildman–Crippen LogP) is 3.54. The summed E-state index contributed by atoms with van der Waals surface area (Å²) in [6.45, 7) is 11.3. The Bertz CT molecular complexity index is 463. The molecule has 116 valence electrons. The molecule has 0 aromatic heterocycles. The van der Waals surface area contributed by atoms with Crippen molar-refractivity contribution in [3.63, 3.8) is 0 Å². The second kappa shape index (κ2) is 6.29. The third kappa shape index (κ3) is 4.94.